The topological polar surface area (TPSA) is 66.7 Å². The fourth-order valence-electron chi connectivity index (χ4n) is 1.92. The Morgan fingerprint density at radius 1 is 1.39 bits per heavy atom. The van der Waals surface area contributed by atoms with Gasteiger partial charge in [-0.3, -0.25) is 15.0 Å². The number of nitrogens with zero attached hydrogens (tertiary/aromatic N) is 3. The molecule has 3 heterocycles. The van der Waals surface area contributed by atoms with Gasteiger partial charge in [0.1, 0.15) is 6.33 Å². The van der Waals surface area contributed by atoms with Crippen molar-refractivity contribution in [3.05, 3.63) is 29.1 Å². The Bertz CT molecular complexity index is 652. The third kappa shape index (κ3) is 1.76. The molecule has 2 aromatic heterocycles. The molecule has 0 aliphatic carbocycles. The Kier molecular flexibility index (Phi) is 2.55. The Labute approximate surface area is 111 Å². The number of urea groups is 1. The Morgan fingerprint density at radius 3 is 3.00 bits per heavy atom. The van der Waals surface area contributed by atoms with Crippen LogP contribution >= 0.6 is 15.9 Å². The summed E-state index contributed by atoms with van der Waals surface area (Å²) in [5.74, 6) is 0.308. The van der Waals surface area contributed by atoms with E-state index in [1.165, 1.54) is 4.90 Å². The summed E-state index contributed by atoms with van der Waals surface area (Å²) in [4.78, 5) is 28.6. The molecule has 3 amide bonds. The van der Waals surface area contributed by atoms with Gasteiger partial charge in [0.15, 0.2) is 5.82 Å². The van der Waals surface area contributed by atoms with Gasteiger partial charge in [0.25, 0.3) is 0 Å². The van der Waals surface area contributed by atoms with Crippen molar-refractivity contribution in [3.8, 4) is 0 Å². The van der Waals surface area contributed by atoms with Crippen LogP contribution < -0.4 is 10.2 Å². The van der Waals surface area contributed by atoms with E-state index in [-0.39, 0.29) is 5.91 Å². The maximum atomic E-state index is 11.8. The summed E-state index contributed by atoms with van der Waals surface area (Å²) in [7, 11) is 0. The summed E-state index contributed by atoms with van der Waals surface area (Å²) >= 11 is 3.39. The van der Waals surface area contributed by atoms with Crippen LogP contribution in [0.1, 0.15) is 6.42 Å². The molecule has 2 aromatic rings. The van der Waals surface area contributed by atoms with E-state index in [0.29, 0.717) is 18.8 Å². The second-order valence-electron chi connectivity index (χ2n) is 3.96. The van der Waals surface area contributed by atoms with Gasteiger partial charge in [0.2, 0.25) is 5.91 Å². The summed E-state index contributed by atoms with van der Waals surface area (Å²) in [5, 5.41) is 2.28. The molecule has 0 radical (unpaired) electrons. The molecule has 0 unspecified atom stereocenters. The maximum absolute atomic E-state index is 11.8. The van der Waals surface area contributed by atoms with E-state index in [1.807, 2.05) is 22.7 Å². The molecule has 3 rings (SSSR count). The van der Waals surface area contributed by atoms with E-state index in [0.717, 1.165) is 9.99 Å². The van der Waals surface area contributed by atoms with Crippen molar-refractivity contribution in [3.63, 3.8) is 0 Å². The lowest BCUT2D eigenvalue weighted by Gasteiger charge is -2.24. The molecule has 1 saturated heterocycles. The quantitative estimate of drug-likeness (QED) is 0.869. The number of imide groups is 1. The molecule has 7 heteroatoms. The average molecular weight is 309 g/mol. The molecule has 0 spiro atoms. The number of carbonyl (C=O) groups excluding carboxylic acids is 2. The molecule has 0 bridgehead atoms. The standard InChI is InChI=1S/C11H9BrN4O2/c12-7-1-3-15-6-13-10(8(15)5-7)16-4-2-9(17)14-11(16)18/h1,3,5-6H,2,4H2,(H,14,17,18). The second kappa shape index (κ2) is 4.09. The van der Waals surface area contributed by atoms with Crippen molar-refractivity contribution in [2.45, 2.75) is 6.42 Å². The molecule has 92 valence electrons. The van der Waals surface area contributed by atoms with Crippen LogP contribution in [0.15, 0.2) is 29.1 Å². The summed E-state index contributed by atoms with van der Waals surface area (Å²) in [6.45, 7) is 0.351. The van der Waals surface area contributed by atoms with Gasteiger partial charge >= 0.3 is 6.03 Å². The number of pyridine rings is 1. The number of fused-ring (bicyclic) bond motifs is 1. The van der Waals surface area contributed by atoms with E-state index >= 15 is 0 Å². The second-order valence-corrected chi connectivity index (χ2v) is 4.88. The number of aromatic nitrogens is 2. The van der Waals surface area contributed by atoms with E-state index in [1.54, 1.807) is 6.33 Å². The smallest absolute Gasteiger partial charge is 0.304 e. The molecule has 0 saturated carbocycles. The van der Waals surface area contributed by atoms with Crippen LogP contribution in [-0.4, -0.2) is 27.9 Å². The van der Waals surface area contributed by atoms with E-state index in [9.17, 15) is 9.59 Å². The number of amides is 3. The van der Waals surface area contributed by atoms with Crippen molar-refractivity contribution in [2.24, 2.45) is 0 Å². The fraction of sp³-hybridized carbons (Fsp3) is 0.182. The van der Waals surface area contributed by atoms with Crippen molar-refractivity contribution in [1.82, 2.24) is 14.7 Å². The van der Waals surface area contributed by atoms with Crippen molar-refractivity contribution >= 4 is 39.2 Å². The maximum Gasteiger partial charge on any atom is 0.329 e. The van der Waals surface area contributed by atoms with E-state index in [2.05, 4.69) is 26.2 Å². The van der Waals surface area contributed by atoms with Crippen LogP contribution in [0.2, 0.25) is 0 Å². The molecule has 0 atom stereocenters. The van der Waals surface area contributed by atoms with Crippen molar-refractivity contribution in [2.75, 3.05) is 11.4 Å². The van der Waals surface area contributed by atoms with Gasteiger partial charge in [-0.1, -0.05) is 15.9 Å². The predicted octanol–water partition coefficient (Wildman–Crippen LogP) is 1.54. The van der Waals surface area contributed by atoms with Gasteiger partial charge in [-0.25, -0.2) is 9.78 Å². The summed E-state index contributed by atoms with van der Waals surface area (Å²) in [6, 6.07) is 3.34. The average Bonchev–Trinajstić information content (AvgIpc) is 2.72. The zero-order chi connectivity index (χ0) is 12.7. The van der Waals surface area contributed by atoms with Gasteiger partial charge in [0, 0.05) is 23.6 Å². The van der Waals surface area contributed by atoms with Crippen LogP contribution in [0.4, 0.5) is 10.6 Å². The minimum absolute atomic E-state index is 0.249. The van der Waals surface area contributed by atoms with Gasteiger partial charge in [-0.2, -0.15) is 0 Å². The highest BCUT2D eigenvalue weighted by molar-refractivity contribution is 9.10. The first kappa shape index (κ1) is 11.2. The normalized spacial score (nSPS) is 16.2. The summed E-state index contributed by atoms with van der Waals surface area (Å²) < 4.78 is 2.73. The fourth-order valence-corrected chi connectivity index (χ4v) is 2.26. The van der Waals surface area contributed by atoms with Gasteiger partial charge in [0.05, 0.1) is 5.52 Å². The Hall–Kier alpha value is -1.89. The Balaban J connectivity index is 2.06. The first-order valence-corrected chi connectivity index (χ1v) is 6.18. The lowest BCUT2D eigenvalue weighted by molar-refractivity contribution is -0.120. The molecule has 0 aromatic carbocycles. The van der Waals surface area contributed by atoms with Gasteiger partial charge in [-0.05, 0) is 12.1 Å². The van der Waals surface area contributed by atoms with Crippen molar-refractivity contribution in [1.29, 1.82) is 0 Å². The lowest BCUT2D eigenvalue weighted by Crippen LogP contribution is -2.49. The largest absolute Gasteiger partial charge is 0.329 e. The van der Waals surface area contributed by atoms with Crippen LogP contribution in [0, 0.1) is 0 Å². The molecule has 1 fully saturated rings. The van der Waals surface area contributed by atoms with Crippen LogP contribution in [0.25, 0.3) is 5.52 Å². The van der Waals surface area contributed by atoms with Crippen LogP contribution in [0.3, 0.4) is 0 Å². The molecular weight excluding hydrogens is 300 g/mol. The number of hydrogen-bond donors (Lipinski definition) is 1. The zero-order valence-electron chi connectivity index (χ0n) is 9.26. The zero-order valence-corrected chi connectivity index (χ0v) is 10.8. The number of carbonyl (C=O) groups is 2. The van der Waals surface area contributed by atoms with E-state index < -0.39 is 6.03 Å². The Morgan fingerprint density at radius 2 is 2.22 bits per heavy atom. The monoisotopic (exact) mass is 308 g/mol. The van der Waals surface area contributed by atoms with E-state index in [4.69, 9.17) is 0 Å². The third-order valence-electron chi connectivity index (χ3n) is 2.79. The van der Waals surface area contributed by atoms with Crippen LogP contribution in [-0.2, 0) is 4.79 Å². The van der Waals surface area contributed by atoms with Crippen LogP contribution in [0.5, 0.6) is 0 Å². The highest BCUT2D eigenvalue weighted by Gasteiger charge is 2.26. The first-order chi connectivity index (χ1) is 8.65. The van der Waals surface area contributed by atoms with Gasteiger partial charge in [-0.15, -0.1) is 0 Å². The van der Waals surface area contributed by atoms with Gasteiger partial charge < -0.3 is 4.40 Å². The third-order valence-corrected chi connectivity index (χ3v) is 3.28. The number of nitrogens with one attached hydrogen (secondary N) is 1. The number of hydrogen-bond acceptors (Lipinski definition) is 3. The number of imidazole rings is 1. The molecule has 6 nitrogen and oxygen atoms in total. The minimum Gasteiger partial charge on any atom is -0.304 e. The summed E-state index contributed by atoms with van der Waals surface area (Å²) in [5.41, 5.74) is 0.814. The minimum atomic E-state index is -0.424. The molecule has 18 heavy (non-hydrogen) atoms. The summed E-state index contributed by atoms with van der Waals surface area (Å²) in [6.07, 6.45) is 3.78. The number of anilines is 1. The molecular formula is C11H9BrN4O2. The predicted molar refractivity (Wildman–Crippen MR) is 68.4 cm³/mol. The van der Waals surface area contributed by atoms with Crippen molar-refractivity contribution < 1.29 is 9.59 Å². The SMILES string of the molecule is O=C1CCN(c2ncn3ccc(Br)cc23)C(=O)N1. The first-order valence-electron chi connectivity index (χ1n) is 5.39. The number of halogens is 1. The molecule has 1 N–H and O–H groups in total. The highest BCUT2D eigenvalue weighted by atomic mass is 79.9. The number of rotatable bonds is 1. The molecule has 1 aliphatic heterocycles. The highest BCUT2D eigenvalue weighted by Crippen LogP contribution is 2.24. The molecule has 1 aliphatic rings. The lowest BCUT2D eigenvalue weighted by atomic mass is 10.3.